The average molecular weight is 450 g/mol. The van der Waals surface area contributed by atoms with Crippen LogP contribution in [0.3, 0.4) is 0 Å². The molecule has 0 unspecified atom stereocenters. The van der Waals surface area contributed by atoms with Crippen LogP contribution in [0, 0.1) is 11.6 Å². The molecule has 170 valence electrons. The van der Waals surface area contributed by atoms with E-state index in [-0.39, 0.29) is 12.2 Å². The third kappa shape index (κ3) is 5.35. The normalized spacial score (nSPS) is 11.5. The third-order valence-electron chi connectivity index (χ3n) is 4.92. The second-order valence-corrected chi connectivity index (χ2v) is 8.39. The zero-order chi connectivity index (χ0) is 23.6. The van der Waals surface area contributed by atoms with Crippen molar-refractivity contribution >= 4 is 22.4 Å². The predicted octanol–water partition coefficient (Wildman–Crippen LogP) is 4.92. The van der Waals surface area contributed by atoms with Crippen LogP contribution >= 0.6 is 0 Å². The molecule has 0 amide bonds. The Morgan fingerprint density at radius 2 is 1.82 bits per heavy atom. The van der Waals surface area contributed by atoms with E-state index in [1.165, 1.54) is 13.8 Å². The van der Waals surface area contributed by atoms with Gasteiger partial charge in [-0.05, 0) is 61.9 Å². The van der Waals surface area contributed by atoms with E-state index in [4.69, 9.17) is 10.5 Å². The molecule has 33 heavy (non-hydrogen) atoms. The largest absolute Gasteiger partial charge is 0.485 e. The number of ether oxygens (including phenoxy) is 1. The summed E-state index contributed by atoms with van der Waals surface area (Å²) in [6.07, 6.45) is 1.74. The Balaban J connectivity index is 1.55. The van der Waals surface area contributed by atoms with Crippen LogP contribution in [0.4, 0.5) is 20.3 Å². The van der Waals surface area contributed by atoms with Gasteiger partial charge in [0, 0.05) is 23.7 Å². The molecule has 0 atom stereocenters. The monoisotopic (exact) mass is 450 g/mol. The molecule has 0 aliphatic heterocycles. The molecule has 0 aliphatic rings. The molecule has 0 fully saturated rings. The van der Waals surface area contributed by atoms with Gasteiger partial charge in [0.15, 0.2) is 17.4 Å². The number of benzene rings is 2. The summed E-state index contributed by atoms with van der Waals surface area (Å²) in [5, 5.41) is 13.9. The highest BCUT2D eigenvalue weighted by Gasteiger charge is 2.19. The van der Waals surface area contributed by atoms with Crippen molar-refractivity contribution in [2.75, 3.05) is 17.7 Å². The average Bonchev–Trinajstić information content (AvgIpc) is 2.77. The minimum absolute atomic E-state index is 0.237. The van der Waals surface area contributed by atoms with Gasteiger partial charge in [-0.2, -0.15) is 0 Å². The molecule has 8 heteroatoms. The van der Waals surface area contributed by atoms with Gasteiger partial charge in [0.1, 0.15) is 12.4 Å². The Bertz CT molecular complexity index is 1280. The fraction of sp³-hybridized carbons (Fsp3) is 0.200. The number of fused-ring (bicyclic) bond motifs is 1. The zero-order valence-electron chi connectivity index (χ0n) is 18.3. The molecule has 0 aliphatic carbocycles. The molecule has 0 bridgehead atoms. The first-order valence-electron chi connectivity index (χ1n) is 10.4. The fourth-order valence-corrected chi connectivity index (χ4v) is 3.29. The number of nitrogen functional groups attached to an aromatic ring is 1. The number of halogens is 2. The summed E-state index contributed by atoms with van der Waals surface area (Å²) in [7, 11) is 0. The molecule has 0 saturated carbocycles. The number of nitrogens with zero attached hydrogens (tertiary/aromatic N) is 2. The van der Waals surface area contributed by atoms with E-state index >= 15 is 0 Å². The van der Waals surface area contributed by atoms with Gasteiger partial charge in [-0.3, -0.25) is 4.98 Å². The number of pyridine rings is 2. The maximum absolute atomic E-state index is 14.5. The van der Waals surface area contributed by atoms with Gasteiger partial charge in [0.05, 0.1) is 22.5 Å². The number of rotatable bonds is 7. The second-order valence-electron chi connectivity index (χ2n) is 8.39. The summed E-state index contributed by atoms with van der Waals surface area (Å²) in [4.78, 5) is 8.76. The standard InChI is InChI=1S/C25H24F2N4O2/c1-25(2,32)14-33-23-18(26)11-17(12-19(23)27)22-8-6-20(28)24(31-22)30-13-15-5-7-21-16(10-15)4-3-9-29-21/h3-12,32H,13-14,28H2,1-2H3,(H,30,31). The minimum Gasteiger partial charge on any atom is -0.485 e. The van der Waals surface area contributed by atoms with Crippen LogP contribution in [0.15, 0.2) is 60.8 Å². The Hall–Kier alpha value is -3.78. The zero-order valence-corrected chi connectivity index (χ0v) is 18.3. The van der Waals surface area contributed by atoms with Crippen LogP contribution in [0.2, 0.25) is 0 Å². The van der Waals surface area contributed by atoms with E-state index < -0.39 is 23.0 Å². The number of anilines is 2. The molecule has 4 rings (SSSR count). The van der Waals surface area contributed by atoms with Crippen molar-refractivity contribution in [1.82, 2.24) is 9.97 Å². The highest BCUT2D eigenvalue weighted by molar-refractivity contribution is 5.79. The van der Waals surface area contributed by atoms with Gasteiger partial charge in [0.25, 0.3) is 0 Å². The van der Waals surface area contributed by atoms with E-state index in [0.717, 1.165) is 28.6 Å². The van der Waals surface area contributed by atoms with Crippen LogP contribution in [-0.4, -0.2) is 27.3 Å². The molecule has 4 aromatic rings. The molecular formula is C25H24F2N4O2. The first-order chi connectivity index (χ1) is 15.7. The summed E-state index contributed by atoms with van der Waals surface area (Å²) in [5.41, 5.74) is 7.74. The van der Waals surface area contributed by atoms with Crippen LogP contribution < -0.4 is 15.8 Å². The second kappa shape index (κ2) is 8.99. The highest BCUT2D eigenvalue weighted by Crippen LogP contribution is 2.30. The number of aromatic nitrogens is 2. The number of hydrogen-bond acceptors (Lipinski definition) is 6. The van der Waals surface area contributed by atoms with E-state index in [2.05, 4.69) is 15.3 Å². The smallest absolute Gasteiger partial charge is 0.190 e. The third-order valence-corrected chi connectivity index (χ3v) is 4.92. The van der Waals surface area contributed by atoms with Gasteiger partial charge in [-0.1, -0.05) is 12.1 Å². The Labute approximate surface area is 190 Å². The highest BCUT2D eigenvalue weighted by atomic mass is 19.1. The molecule has 4 N–H and O–H groups in total. The number of nitrogens with one attached hydrogen (secondary N) is 1. The quantitative estimate of drug-likeness (QED) is 0.370. The van der Waals surface area contributed by atoms with Crippen molar-refractivity contribution in [3.8, 4) is 17.0 Å². The van der Waals surface area contributed by atoms with Crippen molar-refractivity contribution in [1.29, 1.82) is 0 Å². The fourth-order valence-electron chi connectivity index (χ4n) is 3.29. The summed E-state index contributed by atoms with van der Waals surface area (Å²) < 4.78 is 34.2. The first kappa shape index (κ1) is 22.4. The van der Waals surface area contributed by atoms with Crippen molar-refractivity contribution in [2.45, 2.75) is 26.0 Å². The topological polar surface area (TPSA) is 93.3 Å². The van der Waals surface area contributed by atoms with Gasteiger partial charge < -0.3 is 20.9 Å². The molecule has 2 aromatic carbocycles. The van der Waals surface area contributed by atoms with Crippen molar-refractivity contribution in [3.63, 3.8) is 0 Å². The molecule has 6 nitrogen and oxygen atoms in total. The van der Waals surface area contributed by atoms with E-state index in [1.54, 1.807) is 18.3 Å². The summed E-state index contributed by atoms with van der Waals surface area (Å²) in [5.74, 6) is -1.90. The lowest BCUT2D eigenvalue weighted by Gasteiger charge is -2.18. The van der Waals surface area contributed by atoms with Crippen LogP contribution in [0.25, 0.3) is 22.2 Å². The van der Waals surface area contributed by atoms with Crippen LogP contribution in [0.1, 0.15) is 19.4 Å². The van der Waals surface area contributed by atoms with Crippen LogP contribution in [-0.2, 0) is 6.54 Å². The SMILES string of the molecule is CC(C)(O)COc1c(F)cc(-c2ccc(N)c(NCc3ccc4ncccc4c3)n2)cc1F. The summed E-state index contributed by atoms with van der Waals surface area (Å²) in [6, 6.07) is 15.3. The molecule has 2 heterocycles. The van der Waals surface area contributed by atoms with Gasteiger partial charge >= 0.3 is 0 Å². The van der Waals surface area contributed by atoms with E-state index in [0.29, 0.717) is 23.7 Å². The van der Waals surface area contributed by atoms with Crippen molar-refractivity contribution < 1.29 is 18.6 Å². The molecule has 0 saturated heterocycles. The predicted molar refractivity (Wildman–Crippen MR) is 125 cm³/mol. The minimum atomic E-state index is -1.22. The first-order valence-corrected chi connectivity index (χ1v) is 10.4. The van der Waals surface area contributed by atoms with Gasteiger partial charge in [-0.15, -0.1) is 0 Å². The lowest BCUT2D eigenvalue weighted by molar-refractivity contribution is 0.0257. The van der Waals surface area contributed by atoms with Gasteiger partial charge in [-0.25, -0.2) is 13.8 Å². The van der Waals surface area contributed by atoms with E-state index in [9.17, 15) is 13.9 Å². The Morgan fingerprint density at radius 3 is 2.55 bits per heavy atom. The maximum atomic E-state index is 14.5. The Morgan fingerprint density at radius 1 is 1.06 bits per heavy atom. The molecule has 2 aromatic heterocycles. The molecular weight excluding hydrogens is 426 g/mol. The number of aliphatic hydroxyl groups is 1. The van der Waals surface area contributed by atoms with Crippen molar-refractivity contribution in [3.05, 3.63) is 78.0 Å². The lowest BCUT2D eigenvalue weighted by atomic mass is 10.1. The van der Waals surface area contributed by atoms with Gasteiger partial charge in [0.2, 0.25) is 0 Å². The number of nitrogens with two attached hydrogens (primary N) is 1. The Kier molecular flexibility index (Phi) is 6.11. The van der Waals surface area contributed by atoms with Crippen LogP contribution in [0.5, 0.6) is 5.75 Å². The molecule has 0 radical (unpaired) electrons. The maximum Gasteiger partial charge on any atom is 0.190 e. The lowest BCUT2D eigenvalue weighted by Crippen LogP contribution is -2.28. The number of hydrogen-bond donors (Lipinski definition) is 3. The van der Waals surface area contributed by atoms with Crippen molar-refractivity contribution in [2.24, 2.45) is 0 Å². The molecule has 0 spiro atoms. The summed E-state index contributed by atoms with van der Waals surface area (Å²) in [6.45, 7) is 3.18. The van der Waals surface area contributed by atoms with E-state index in [1.807, 2.05) is 30.3 Å². The summed E-state index contributed by atoms with van der Waals surface area (Å²) >= 11 is 0.